The van der Waals surface area contributed by atoms with Crippen molar-refractivity contribution in [3.63, 3.8) is 0 Å². The van der Waals surface area contributed by atoms with Crippen LogP contribution >= 0.6 is 23.4 Å². The van der Waals surface area contributed by atoms with E-state index in [9.17, 15) is 9.59 Å². The molecule has 4 aromatic rings. The highest BCUT2D eigenvalue weighted by Crippen LogP contribution is 2.23. The van der Waals surface area contributed by atoms with Crippen molar-refractivity contribution in [2.75, 3.05) is 12.8 Å². The van der Waals surface area contributed by atoms with Gasteiger partial charge in [0.25, 0.3) is 5.56 Å². The molecule has 0 fully saturated rings. The summed E-state index contributed by atoms with van der Waals surface area (Å²) in [7, 11) is 1.71. The fourth-order valence-electron chi connectivity index (χ4n) is 3.01. The lowest BCUT2D eigenvalue weighted by Crippen LogP contribution is -2.28. The highest BCUT2D eigenvalue weighted by atomic mass is 35.5. The molecule has 0 aliphatic heterocycles. The number of fused-ring (bicyclic) bond motifs is 1. The van der Waals surface area contributed by atoms with E-state index in [1.165, 1.54) is 16.3 Å². The number of halogens is 1. The number of amides is 1. The van der Waals surface area contributed by atoms with Crippen molar-refractivity contribution < 1.29 is 9.21 Å². The lowest BCUT2D eigenvalue weighted by molar-refractivity contribution is -0.127. The van der Waals surface area contributed by atoms with Gasteiger partial charge in [-0.05, 0) is 42.5 Å². The third-order valence-corrected chi connectivity index (χ3v) is 5.69. The molecule has 2 aromatic carbocycles. The predicted molar refractivity (Wildman–Crippen MR) is 118 cm³/mol. The van der Waals surface area contributed by atoms with Crippen molar-refractivity contribution in [2.45, 2.75) is 11.7 Å². The number of hydrogen-bond donors (Lipinski definition) is 0. The van der Waals surface area contributed by atoms with Gasteiger partial charge in [-0.3, -0.25) is 14.2 Å². The summed E-state index contributed by atoms with van der Waals surface area (Å²) in [6.07, 6.45) is 1.57. The fourth-order valence-corrected chi connectivity index (χ4v) is 4.15. The van der Waals surface area contributed by atoms with E-state index < -0.39 is 0 Å². The Balaban J connectivity index is 1.66. The summed E-state index contributed by atoms with van der Waals surface area (Å²) in [5, 5.41) is 1.45. The molecule has 1 amide bonds. The van der Waals surface area contributed by atoms with E-state index >= 15 is 0 Å². The summed E-state index contributed by atoms with van der Waals surface area (Å²) in [4.78, 5) is 32.1. The van der Waals surface area contributed by atoms with Crippen LogP contribution < -0.4 is 5.56 Å². The van der Waals surface area contributed by atoms with Gasteiger partial charge in [0.15, 0.2) is 5.16 Å². The molecular weight excluding hydrogens is 422 g/mol. The van der Waals surface area contributed by atoms with Gasteiger partial charge >= 0.3 is 0 Å². The number of nitrogens with zero attached hydrogens (tertiary/aromatic N) is 3. The van der Waals surface area contributed by atoms with Crippen LogP contribution in [0.2, 0.25) is 5.02 Å². The van der Waals surface area contributed by atoms with Crippen LogP contribution in [0.25, 0.3) is 16.6 Å². The molecular formula is C22H18ClN3O3S. The number of benzene rings is 2. The van der Waals surface area contributed by atoms with Crippen molar-refractivity contribution in [1.29, 1.82) is 0 Å². The van der Waals surface area contributed by atoms with Crippen molar-refractivity contribution in [3.05, 3.63) is 88.1 Å². The van der Waals surface area contributed by atoms with E-state index in [4.69, 9.17) is 16.0 Å². The average Bonchev–Trinajstić information content (AvgIpc) is 3.25. The molecule has 2 heterocycles. The molecule has 0 saturated carbocycles. The molecule has 0 spiro atoms. The predicted octanol–water partition coefficient (Wildman–Crippen LogP) is 4.38. The Labute approximate surface area is 182 Å². The summed E-state index contributed by atoms with van der Waals surface area (Å²) < 4.78 is 6.80. The maximum atomic E-state index is 13.2. The first-order valence-electron chi connectivity index (χ1n) is 9.20. The van der Waals surface area contributed by atoms with Gasteiger partial charge in [0.1, 0.15) is 5.76 Å². The van der Waals surface area contributed by atoms with Gasteiger partial charge in [0.2, 0.25) is 5.91 Å². The Hall–Kier alpha value is -3.03. The minimum Gasteiger partial charge on any atom is -0.467 e. The highest BCUT2D eigenvalue weighted by molar-refractivity contribution is 7.99. The number of aromatic nitrogens is 2. The SMILES string of the molecule is CN(Cc1ccco1)C(=O)CSc1nc2ccccc2c(=O)n1-c1cccc(Cl)c1. The number of carbonyl (C=O) groups is 1. The first-order valence-corrected chi connectivity index (χ1v) is 10.6. The molecule has 4 rings (SSSR count). The summed E-state index contributed by atoms with van der Waals surface area (Å²) in [5.74, 6) is 0.731. The first kappa shape index (κ1) is 20.3. The normalized spacial score (nSPS) is 11.0. The molecule has 0 saturated heterocycles. The molecule has 0 atom stereocenters. The van der Waals surface area contributed by atoms with E-state index in [1.54, 1.807) is 66.7 Å². The monoisotopic (exact) mass is 439 g/mol. The summed E-state index contributed by atoms with van der Waals surface area (Å²) in [5.41, 5.74) is 0.978. The Morgan fingerprint density at radius 3 is 2.77 bits per heavy atom. The minimum absolute atomic E-state index is 0.101. The van der Waals surface area contributed by atoms with Crippen LogP contribution in [0.1, 0.15) is 5.76 Å². The van der Waals surface area contributed by atoms with Crippen molar-refractivity contribution in [1.82, 2.24) is 14.5 Å². The summed E-state index contributed by atoms with van der Waals surface area (Å²) >= 11 is 7.35. The van der Waals surface area contributed by atoms with Crippen LogP contribution in [0.15, 0.2) is 81.3 Å². The Bertz CT molecular complexity index is 1250. The third-order valence-electron chi connectivity index (χ3n) is 4.53. The number of rotatable bonds is 6. The van der Waals surface area contributed by atoms with Gasteiger partial charge in [0.05, 0.1) is 35.2 Å². The average molecular weight is 440 g/mol. The van der Waals surface area contributed by atoms with Gasteiger partial charge in [-0.2, -0.15) is 0 Å². The number of carbonyl (C=O) groups excluding carboxylic acids is 1. The lowest BCUT2D eigenvalue weighted by atomic mass is 10.2. The van der Waals surface area contributed by atoms with E-state index in [1.807, 2.05) is 12.1 Å². The minimum atomic E-state index is -0.207. The summed E-state index contributed by atoms with van der Waals surface area (Å²) in [6, 6.07) is 17.8. The van der Waals surface area contributed by atoms with Crippen molar-refractivity contribution >= 4 is 40.2 Å². The molecule has 0 bridgehead atoms. The first-order chi connectivity index (χ1) is 14.5. The van der Waals surface area contributed by atoms with Crippen LogP contribution in [0.4, 0.5) is 0 Å². The van der Waals surface area contributed by atoms with Gasteiger partial charge in [-0.1, -0.05) is 41.6 Å². The molecule has 0 radical (unpaired) electrons. The zero-order chi connectivity index (χ0) is 21.1. The van der Waals surface area contributed by atoms with Crippen molar-refractivity contribution in [2.24, 2.45) is 0 Å². The number of para-hydroxylation sites is 1. The number of hydrogen-bond acceptors (Lipinski definition) is 5. The molecule has 6 nitrogen and oxygen atoms in total. The standard InChI is InChI=1S/C22H18ClN3O3S/c1-25(13-17-8-5-11-29-17)20(27)14-30-22-24-19-10-3-2-9-18(19)21(28)26(22)16-7-4-6-15(23)12-16/h2-12H,13-14H2,1H3. The van der Waals surface area contributed by atoms with Crippen LogP contribution in [-0.2, 0) is 11.3 Å². The lowest BCUT2D eigenvalue weighted by Gasteiger charge is -2.17. The van der Waals surface area contributed by atoms with Gasteiger partial charge in [-0.25, -0.2) is 4.98 Å². The third kappa shape index (κ3) is 4.27. The molecule has 8 heteroatoms. The Morgan fingerprint density at radius 1 is 1.17 bits per heavy atom. The van der Waals surface area contributed by atoms with Crippen molar-refractivity contribution in [3.8, 4) is 5.69 Å². The largest absolute Gasteiger partial charge is 0.467 e. The zero-order valence-corrected chi connectivity index (χ0v) is 17.7. The zero-order valence-electron chi connectivity index (χ0n) is 16.1. The van der Waals surface area contributed by atoms with Crippen LogP contribution in [0.5, 0.6) is 0 Å². The maximum absolute atomic E-state index is 13.2. The number of thioether (sulfide) groups is 1. The van der Waals surface area contributed by atoms with E-state index in [0.29, 0.717) is 39.1 Å². The van der Waals surface area contributed by atoms with E-state index in [0.717, 1.165) is 0 Å². The molecule has 0 aliphatic rings. The highest BCUT2D eigenvalue weighted by Gasteiger charge is 2.17. The molecule has 152 valence electrons. The van der Waals surface area contributed by atoms with E-state index in [-0.39, 0.29) is 17.2 Å². The fraction of sp³-hybridized carbons (Fsp3) is 0.136. The molecule has 0 N–H and O–H groups in total. The van der Waals surface area contributed by atoms with Crippen LogP contribution in [-0.4, -0.2) is 33.2 Å². The van der Waals surface area contributed by atoms with Gasteiger partial charge in [-0.15, -0.1) is 0 Å². The molecule has 0 aliphatic carbocycles. The molecule has 0 unspecified atom stereocenters. The smallest absolute Gasteiger partial charge is 0.266 e. The Morgan fingerprint density at radius 2 is 2.00 bits per heavy atom. The summed E-state index contributed by atoms with van der Waals surface area (Å²) in [6.45, 7) is 0.374. The Kier molecular flexibility index (Phi) is 5.92. The second-order valence-corrected chi connectivity index (χ2v) is 8.03. The second kappa shape index (κ2) is 8.77. The molecule has 2 aromatic heterocycles. The maximum Gasteiger partial charge on any atom is 0.266 e. The molecule has 30 heavy (non-hydrogen) atoms. The van der Waals surface area contributed by atoms with Gasteiger partial charge < -0.3 is 9.32 Å². The topological polar surface area (TPSA) is 68.3 Å². The number of furan rings is 1. The van der Waals surface area contributed by atoms with Crippen LogP contribution in [0, 0.1) is 0 Å². The van der Waals surface area contributed by atoms with Crippen LogP contribution in [0.3, 0.4) is 0 Å². The second-order valence-electron chi connectivity index (χ2n) is 6.65. The quantitative estimate of drug-likeness (QED) is 0.329. The van der Waals surface area contributed by atoms with Gasteiger partial charge in [0, 0.05) is 12.1 Å². The van der Waals surface area contributed by atoms with E-state index in [2.05, 4.69) is 4.98 Å².